The second kappa shape index (κ2) is 5.74. The molecular formula is C18H15N3O2S. The summed E-state index contributed by atoms with van der Waals surface area (Å²) >= 11 is 0. The fraction of sp³-hybridized carbons (Fsp3) is 0.0556. The predicted octanol–water partition coefficient (Wildman–Crippen LogP) is 3.19. The van der Waals surface area contributed by atoms with Crippen molar-refractivity contribution in [2.24, 2.45) is 0 Å². The minimum Gasteiger partial charge on any atom is -0.341 e. The lowest BCUT2D eigenvalue weighted by Crippen LogP contribution is -2.24. The highest BCUT2D eigenvalue weighted by Gasteiger charge is 2.17. The molecule has 0 saturated heterocycles. The summed E-state index contributed by atoms with van der Waals surface area (Å²) in [5.41, 5.74) is 1.70. The highest BCUT2D eigenvalue weighted by molar-refractivity contribution is 7.89. The maximum absolute atomic E-state index is 12.7. The number of imidazole rings is 1. The van der Waals surface area contributed by atoms with Crippen molar-refractivity contribution >= 4 is 31.8 Å². The number of hydrogen-bond donors (Lipinski definition) is 2. The summed E-state index contributed by atoms with van der Waals surface area (Å²) in [6.45, 7) is 0.111. The van der Waals surface area contributed by atoms with Gasteiger partial charge >= 0.3 is 0 Å². The Bertz CT molecular complexity index is 1090. The van der Waals surface area contributed by atoms with Gasteiger partial charge in [0.2, 0.25) is 10.0 Å². The van der Waals surface area contributed by atoms with Crippen LogP contribution in [-0.2, 0) is 16.6 Å². The molecule has 0 amide bonds. The number of aromatic nitrogens is 2. The number of rotatable bonds is 4. The van der Waals surface area contributed by atoms with Gasteiger partial charge in [-0.15, -0.1) is 0 Å². The van der Waals surface area contributed by atoms with Crippen LogP contribution in [0.25, 0.3) is 21.8 Å². The van der Waals surface area contributed by atoms with Gasteiger partial charge in [-0.05, 0) is 23.6 Å². The Balaban J connectivity index is 1.65. The lowest BCUT2D eigenvalue weighted by Gasteiger charge is -2.08. The van der Waals surface area contributed by atoms with Crippen molar-refractivity contribution in [2.75, 3.05) is 0 Å². The van der Waals surface area contributed by atoms with Gasteiger partial charge in [-0.1, -0.05) is 48.5 Å². The summed E-state index contributed by atoms with van der Waals surface area (Å²) in [7, 11) is -3.63. The first kappa shape index (κ1) is 14.9. The molecule has 0 aliphatic rings. The molecule has 4 aromatic rings. The summed E-state index contributed by atoms with van der Waals surface area (Å²) in [6.07, 6.45) is 0. The fourth-order valence-corrected chi connectivity index (χ4v) is 3.98. The molecule has 2 N–H and O–H groups in total. The third-order valence-electron chi connectivity index (χ3n) is 3.91. The van der Waals surface area contributed by atoms with Crippen LogP contribution < -0.4 is 4.72 Å². The number of aromatic amines is 1. The highest BCUT2D eigenvalue weighted by atomic mass is 32.2. The third-order valence-corrected chi connectivity index (χ3v) is 5.37. The second-order valence-electron chi connectivity index (χ2n) is 5.50. The predicted molar refractivity (Wildman–Crippen MR) is 94.1 cm³/mol. The zero-order valence-electron chi connectivity index (χ0n) is 12.7. The molecule has 0 spiro atoms. The third kappa shape index (κ3) is 2.66. The van der Waals surface area contributed by atoms with Crippen molar-refractivity contribution in [1.29, 1.82) is 0 Å². The number of para-hydroxylation sites is 2. The molecule has 0 unspecified atom stereocenters. The summed E-state index contributed by atoms with van der Waals surface area (Å²) in [6, 6.07) is 20.3. The number of nitrogens with zero attached hydrogens (tertiary/aromatic N) is 1. The van der Waals surface area contributed by atoms with Crippen LogP contribution in [0.3, 0.4) is 0 Å². The van der Waals surface area contributed by atoms with Crippen molar-refractivity contribution in [3.05, 3.63) is 72.6 Å². The molecule has 0 aliphatic carbocycles. The van der Waals surface area contributed by atoms with Gasteiger partial charge in [-0.3, -0.25) is 0 Å². The van der Waals surface area contributed by atoms with Gasteiger partial charge in [-0.2, -0.15) is 0 Å². The molecule has 1 heterocycles. The molecule has 0 atom stereocenters. The minimum absolute atomic E-state index is 0.111. The summed E-state index contributed by atoms with van der Waals surface area (Å²) in [4.78, 5) is 7.78. The van der Waals surface area contributed by atoms with E-state index in [1.54, 1.807) is 12.1 Å². The average molecular weight is 337 g/mol. The van der Waals surface area contributed by atoms with Gasteiger partial charge in [0.25, 0.3) is 0 Å². The van der Waals surface area contributed by atoms with E-state index in [1.807, 2.05) is 54.6 Å². The second-order valence-corrected chi connectivity index (χ2v) is 7.24. The molecular weight excluding hydrogens is 322 g/mol. The van der Waals surface area contributed by atoms with Crippen LogP contribution >= 0.6 is 0 Å². The average Bonchev–Trinajstić information content (AvgIpc) is 3.03. The van der Waals surface area contributed by atoms with E-state index in [2.05, 4.69) is 14.7 Å². The molecule has 24 heavy (non-hydrogen) atoms. The van der Waals surface area contributed by atoms with Gasteiger partial charge < -0.3 is 4.98 Å². The van der Waals surface area contributed by atoms with Gasteiger partial charge in [0, 0.05) is 5.39 Å². The summed E-state index contributed by atoms with van der Waals surface area (Å²) in [5.74, 6) is 0.583. The van der Waals surface area contributed by atoms with Crippen LogP contribution in [-0.4, -0.2) is 18.4 Å². The summed E-state index contributed by atoms with van der Waals surface area (Å²) < 4.78 is 28.0. The van der Waals surface area contributed by atoms with Crippen LogP contribution in [0.15, 0.2) is 71.6 Å². The first-order valence-electron chi connectivity index (χ1n) is 7.54. The molecule has 4 rings (SSSR count). The van der Waals surface area contributed by atoms with E-state index in [0.717, 1.165) is 16.4 Å². The minimum atomic E-state index is -3.63. The first-order valence-corrected chi connectivity index (χ1v) is 9.03. The van der Waals surface area contributed by atoms with E-state index in [4.69, 9.17) is 0 Å². The largest absolute Gasteiger partial charge is 0.341 e. The Labute approximate surface area is 139 Å². The van der Waals surface area contributed by atoms with Crippen LogP contribution in [0.4, 0.5) is 0 Å². The maximum Gasteiger partial charge on any atom is 0.241 e. The highest BCUT2D eigenvalue weighted by Crippen LogP contribution is 2.22. The smallest absolute Gasteiger partial charge is 0.241 e. The first-order chi connectivity index (χ1) is 11.6. The number of H-pyrrole nitrogens is 1. The van der Waals surface area contributed by atoms with Crippen LogP contribution in [0.5, 0.6) is 0 Å². The molecule has 1 aromatic heterocycles. The molecule has 0 saturated carbocycles. The quantitative estimate of drug-likeness (QED) is 0.600. The Kier molecular flexibility index (Phi) is 3.55. The Morgan fingerprint density at radius 1 is 0.917 bits per heavy atom. The topological polar surface area (TPSA) is 74.8 Å². The van der Waals surface area contributed by atoms with E-state index < -0.39 is 10.0 Å². The van der Waals surface area contributed by atoms with Crippen molar-refractivity contribution in [1.82, 2.24) is 14.7 Å². The lowest BCUT2D eigenvalue weighted by atomic mass is 10.1. The van der Waals surface area contributed by atoms with E-state index in [-0.39, 0.29) is 11.4 Å². The van der Waals surface area contributed by atoms with Crippen molar-refractivity contribution < 1.29 is 8.42 Å². The number of benzene rings is 3. The van der Waals surface area contributed by atoms with Crippen LogP contribution in [0, 0.1) is 0 Å². The molecule has 0 fully saturated rings. The number of sulfonamides is 1. The SMILES string of the molecule is O=S(=O)(NCc1nc2ccccc2[nH]1)c1cccc2ccccc12. The molecule has 5 nitrogen and oxygen atoms in total. The zero-order chi connectivity index (χ0) is 16.6. The van der Waals surface area contributed by atoms with E-state index >= 15 is 0 Å². The monoisotopic (exact) mass is 337 g/mol. The van der Waals surface area contributed by atoms with Crippen molar-refractivity contribution in [3.8, 4) is 0 Å². The lowest BCUT2D eigenvalue weighted by molar-refractivity contribution is 0.580. The van der Waals surface area contributed by atoms with Crippen molar-refractivity contribution in [3.63, 3.8) is 0 Å². The zero-order valence-corrected chi connectivity index (χ0v) is 13.5. The van der Waals surface area contributed by atoms with E-state index in [0.29, 0.717) is 11.2 Å². The Morgan fingerprint density at radius 2 is 1.67 bits per heavy atom. The van der Waals surface area contributed by atoms with Gasteiger partial charge in [0.1, 0.15) is 5.82 Å². The standard InChI is InChI=1S/C18H15N3O2S/c22-24(23,17-11-5-7-13-6-1-2-8-14(13)17)19-12-18-20-15-9-3-4-10-16(15)21-18/h1-11,19H,12H2,(H,20,21). The molecule has 0 bridgehead atoms. The summed E-state index contributed by atoms with van der Waals surface area (Å²) in [5, 5.41) is 1.60. The number of fused-ring (bicyclic) bond motifs is 2. The Hall–Kier alpha value is -2.70. The van der Waals surface area contributed by atoms with E-state index in [1.165, 1.54) is 0 Å². The van der Waals surface area contributed by atoms with Gasteiger partial charge in [0.05, 0.1) is 22.5 Å². The molecule has 0 radical (unpaired) electrons. The molecule has 120 valence electrons. The Morgan fingerprint density at radius 3 is 2.54 bits per heavy atom. The van der Waals surface area contributed by atoms with E-state index in [9.17, 15) is 8.42 Å². The molecule has 3 aromatic carbocycles. The normalized spacial score (nSPS) is 12.0. The van der Waals surface area contributed by atoms with Crippen LogP contribution in [0.2, 0.25) is 0 Å². The van der Waals surface area contributed by atoms with Gasteiger partial charge in [0.15, 0.2) is 0 Å². The number of nitrogens with one attached hydrogen (secondary N) is 2. The maximum atomic E-state index is 12.7. The molecule has 6 heteroatoms. The fourth-order valence-electron chi connectivity index (χ4n) is 2.76. The van der Waals surface area contributed by atoms with Crippen LogP contribution in [0.1, 0.15) is 5.82 Å². The van der Waals surface area contributed by atoms with Gasteiger partial charge in [-0.25, -0.2) is 18.1 Å². The number of hydrogen-bond acceptors (Lipinski definition) is 3. The van der Waals surface area contributed by atoms with Crippen molar-refractivity contribution in [2.45, 2.75) is 11.4 Å². The molecule has 0 aliphatic heterocycles.